The number of hydrogen-bond acceptors (Lipinski definition) is 3. The molecule has 152 valence electrons. The summed E-state index contributed by atoms with van der Waals surface area (Å²) < 4.78 is 19.2. The molecule has 0 spiro atoms. The lowest BCUT2D eigenvalue weighted by molar-refractivity contribution is 0.0525. The number of nitrogens with zero attached hydrogens (tertiary/aromatic N) is 1. The number of rotatable bonds is 4. The van der Waals surface area contributed by atoms with Gasteiger partial charge in [0.15, 0.2) is 0 Å². The average Bonchev–Trinajstić information content (AvgIpc) is 3.60. The molecule has 0 radical (unpaired) electrons. The Bertz CT molecular complexity index is 1120. The average molecular weight is 401 g/mol. The van der Waals surface area contributed by atoms with Crippen LogP contribution in [0.4, 0.5) is 4.39 Å². The first-order valence-electron chi connectivity index (χ1n) is 10.8. The fourth-order valence-electron chi connectivity index (χ4n) is 4.53. The molecule has 0 bridgehead atoms. The third-order valence-electron chi connectivity index (χ3n) is 6.05. The lowest BCUT2D eigenvalue weighted by atomic mass is 9.88. The van der Waals surface area contributed by atoms with E-state index < -0.39 is 0 Å². The van der Waals surface area contributed by atoms with Crippen LogP contribution in [0.15, 0.2) is 48.5 Å². The highest BCUT2D eigenvalue weighted by Gasteiger charge is 2.35. The van der Waals surface area contributed by atoms with Crippen LogP contribution < -0.4 is 0 Å². The van der Waals surface area contributed by atoms with Crippen molar-refractivity contribution < 1.29 is 13.9 Å². The molecule has 3 nitrogen and oxygen atoms in total. The summed E-state index contributed by atoms with van der Waals surface area (Å²) in [5.74, 6) is -0.333. The molecular weight excluding hydrogens is 377 g/mol. The van der Waals surface area contributed by atoms with Crippen LogP contribution in [0.25, 0.3) is 22.4 Å². The van der Waals surface area contributed by atoms with Gasteiger partial charge in [0.05, 0.1) is 23.6 Å². The lowest BCUT2D eigenvalue weighted by Crippen LogP contribution is -2.14. The smallest absolute Gasteiger partial charge is 0.340 e. The van der Waals surface area contributed by atoms with E-state index in [1.807, 2.05) is 13.0 Å². The van der Waals surface area contributed by atoms with Crippen LogP contribution in [-0.2, 0) is 17.6 Å². The number of aromatic nitrogens is 1. The topological polar surface area (TPSA) is 39.2 Å². The highest BCUT2D eigenvalue weighted by molar-refractivity contribution is 6.01. The van der Waals surface area contributed by atoms with Crippen LogP contribution in [0.2, 0.25) is 0 Å². The number of benzene rings is 2. The first kappa shape index (κ1) is 19.0. The minimum atomic E-state index is -0.327. The Hall–Kier alpha value is -3.01. The monoisotopic (exact) mass is 401 g/mol. The number of aryl methyl sites for hydroxylation is 1. The van der Waals surface area contributed by atoms with Gasteiger partial charge < -0.3 is 4.74 Å². The number of hydrogen-bond donors (Lipinski definition) is 0. The standard InChI is InChI=1S/C26H24FNO2/c1-2-30-26(29)23-22(17-12-14-19(27)15-13-17)21-9-5-7-16-6-3-4-8-20(16)25(21)28-24(23)18-10-11-18/h3-4,6,8,12-15,18H,2,5,7,9-11H2,1H3. The number of halogens is 1. The second kappa shape index (κ2) is 7.67. The Morgan fingerprint density at radius 3 is 2.60 bits per heavy atom. The van der Waals surface area contributed by atoms with E-state index in [0.717, 1.165) is 65.7 Å². The van der Waals surface area contributed by atoms with Crippen molar-refractivity contribution in [3.8, 4) is 22.4 Å². The van der Waals surface area contributed by atoms with Gasteiger partial charge in [-0.25, -0.2) is 9.18 Å². The van der Waals surface area contributed by atoms with Gasteiger partial charge >= 0.3 is 5.97 Å². The summed E-state index contributed by atoms with van der Waals surface area (Å²) in [5.41, 5.74) is 7.60. The number of esters is 1. The van der Waals surface area contributed by atoms with E-state index in [1.54, 1.807) is 12.1 Å². The zero-order chi connectivity index (χ0) is 20.7. The van der Waals surface area contributed by atoms with Gasteiger partial charge in [-0.15, -0.1) is 0 Å². The molecular formula is C26H24FNO2. The Labute approximate surface area is 175 Å². The maximum absolute atomic E-state index is 13.7. The quantitative estimate of drug-likeness (QED) is 0.496. The van der Waals surface area contributed by atoms with Crippen LogP contribution in [-0.4, -0.2) is 17.6 Å². The highest BCUT2D eigenvalue weighted by atomic mass is 19.1. The van der Waals surface area contributed by atoms with E-state index in [9.17, 15) is 9.18 Å². The molecule has 2 aliphatic rings. The maximum Gasteiger partial charge on any atom is 0.340 e. The normalized spacial score (nSPS) is 15.1. The van der Waals surface area contributed by atoms with Crippen molar-refractivity contribution in [2.75, 3.05) is 6.61 Å². The summed E-state index contributed by atoms with van der Waals surface area (Å²) in [6.45, 7) is 2.13. The van der Waals surface area contributed by atoms with Gasteiger partial charge in [-0.3, -0.25) is 4.98 Å². The Balaban J connectivity index is 1.85. The summed E-state index contributed by atoms with van der Waals surface area (Å²) in [7, 11) is 0. The first-order valence-corrected chi connectivity index (χ1v) is 10.8. The minimum Gasteiger partial charge on any atom is -0.462 e. The number of fused-ring (bicyclic) bond motifs is 3. The van der Waals surface area contributed by atoms with Gasteiger partial charge in [-0.1, -0.05) is 36.4 Å². The molecule has 5 rings (SSSR count). The number of pyridine rings is 1. The van der Waals surface area contributed by atoms with Gasteiger partial charge in [-0.2, -0.15) is 0 Å². The van der Waals surface area contributed by atoms with Crippen LogP contribution in [0.3, 0.4) is 0 Å². The second-order valence-corrected chi connectivity index (χ2v) is 8.09. The van der Waals surface area contributed by atoms with E-state index >= 15 is 0 Å². The summed E-state index contributed by atoms with van der Waals surface area (Å²) in [5, 5.41) is 0. The van der Waals surface area contributed by atoms with Crippen molar-refractivity contribution in [1.82, 2.24) is 4.98 Å². The fraction of sp³-hybridized carbons (Fsp3) is 0.308. The number of ether oxygens (including phenoxy) is 1. The summed E-state index contributed by atoms with van der Waals surface area (Å²) in [4.78, 5) is 18.2. The Kier molecular flexibility index (Phi) is 4.86. The first-order chi connectivity index (χ1) is 14.7. The Morgan fingerprint density at radius 2 is 1.87 bits per heavy atom. The molecule has 0 saturated heterocycles. The van der Waals surface area contributed by atoms with Crippen molar-refractivity contribution in [3.05, 3.63) is 76.7 Å². The largest absolute Gasteiger partial charge is 0.462 e. The molecule has 1 aromatic heterocycles. The summed E-state index contributed by atoms with van der Waals surface area (Å²) >= 11 is 0. The molecule has 2 aliphatic carbocycles. The molecule has 1 saturated carbocycles. The van der Waals surface area contributed by atoms with Crippen molar-refractivity contribution in [2.24, 2.45) is 0 Å². The van der Waals surface area contributed by atoms with Crippen molar-refractivity contribution in [1.29, 1.82) is 0 Å². The molecule has 0 N–H and O–H groups in total. The van der Waals surface area contributed by atoms with Gasteiger partial charge in [0.25, 0.3) is 0 Å². The van der Waals surface area contributed by atoms with Crippen LogP contribution >= 0.6 is 0 Å². The minimum absolute atomic E-state index is 0.282. The Morgan fingerprint density at radius 1 is 1.10 bits per heavy atom. The molecule has 0 atom stereocenters. The zero-order valence-corrected chi connectivity index (χ0v) is 17.1. The molecule has 2 aromatic carbocycles. The molecule has 0 unspecified atom stereocenters. The molecule has 3 aromatic rings. The summed E-state index contributed by atoms with van der Waals surface area (Å²) in [6, 6.07) is 14.9. The summed E-state index contributed by atoms with van der Waals surface area (Å²) in [6.07, 6.45) is 4.83. The van der Waals surface area contributed by atoms with Crippen LogP contribution in [0.5, 0.6) is 0 Å². The molecule has 1 fully saturated rings. The number of carbonyl (C=O) groups excluding carboxylic acids is 1. The molecule has 1 heterocycles. The number of carbonyl (C=O) groups is 1. The van der Waals surface area contributed by atoms with Gasteiger partial charge in [0, 0.05) is 17.0 Å². The van der Waals surface area contributed by atoms with E-state index in [2.05, 4.69) is 18.2 Å². The van der Waals surface area contributed by atoms with Gasteiger partial charge in [0.1, 0.15) is 5.82 Å². The van der Waals surface area contributed by atoms with Crippen LogP contribution in [0.1, 0.15) is 59.3 Å². The fourth-order valence-corrected chi connectivity index (χ4v) is 4.53. The van der Waals surface area contributed by atoms with Gasteiger partial charge in [-0.05, 0) is 67.9 Å². The second-order valence-electron chi connectivity index (χ2n) is 8.09. The van der Waals surface area contributed by atoms with Crippen molar-refractivity contribution >= 4 is 5.97 Å². The van der Waals surface area contributed by atoms with Crippen LogP contribution in [0, 0.1) is 5.82 Å². The SMILES string of the molecule is CCOC(=O)c1c(C2CC2)nc2c(c1-c1ccc(F)cc1)CCCc1ccccc1-2. The maximum atomic E-state index is 13.7. The van der Waals surface area contributed by atoms with E-state index in [0.29, 0.717) is 12.2 Å². The van der Waals surface area contributed by atoms with Gasteiger partial charge in [0.2, 0.25) is 0 Å². The van der Waals surface area contributed by atoms with E-state index in [1.165, 1.54) is 17.7 Å². The predicted octanol–water partition coefficient (Wildman–Crippen LogP) is 6.10. The molecule has 30 heavy (non-hydrogen) atoms. The van der Waals surface area contributed by atoms with E-state index in [-0.39, 0.29) is 17.7 Å². The third-order valence-corrected chi connectivity index (χ3v) is 6.05. The van der Waals surface area contributed by atoms with Crippen molar-refractivity contribution in [2.45, 2.75) is 44.9 Å². The predicted molar refractivity (Wildman–Crippen MR) is 115 cm³/mol. The lowest BCUT2D eigenvalue weighted by Gasteiger charge is -2.20. The highest BCUT2D eigenvalue weighted by Crippen LogP contribution is 2.47. The van der Waals surface area contributed by atoms with Crippen molar-refractivity contribution in [3.63, 3.8) is 0 Å². The van der Waals surface area contributed by atoms with E-state index in [4.69, 9.17) is 9.72 Å². The zero-order valence-electron chi connectivity index (χ0n) is 17.1. The third kappa shape index (κ3) is 3.30. The molecule has 4 heteroatoms. The molecule has 0 amide bonds. The molecule has 0 aliphatic heterocycles.